The van der Waals surface area contributed by atoms with Crippen molar-refractivity contribution < 1.29 is 18.8 Å². The van der Waals surface area contributed by atoms with Gasteiger partial charge in [-0.25, -0.2) is 4.98 Å². The van der Waals surface area contributed by atoms with E-state index in [2.05, 4.69) is 20.9 Å². The van der Waals surface area contributed by atoms with E-state index in [0.29, 0.717) is 27.9 Å². The van der Waals surface area contributed by atoms with E-state index in [0.717, 1.165) is 26.2 Å². The third-order valence-corrected chi connectivity index (χ3v) is 9.95. The van der Waals surface area contributed by atoms with Crippen molar-refractivity contribution in [3.05, 3.63) is 174 Å². The Bertz CT molecular complexity index is 2290. The first-order valence-electron chi connectivity index (χ1n) is 16.0. The van der Waals surface area contributed by atoms with Crippen LogP contribution >= 0.6 is 23.1 Å². The Hall–Kier alpha value is -6.23. The number of nitrogens with one attached hydrogen (secondary N) is 3. The van der Waals surface area contributed by atoms with Gasteiger partial charge in [0.25, 0.3) is 11.8 Å². The Kier molecular flexibility index (Phi) is 10.1. The molecule has 3 amide bonds. The van der Waals surface area contributed by atoms with Gasteiger partial charge < -0.3 is 20.4 Å². The molecule has 0 unspecified atom stereocenters. The number of para-hydroxylation sites is 1. The average molecular weight is 707 g/mol. The van der Waals surface area contributed by atoms with E-state index in [4.69, 9.17) is 4.42 Å². The van der Waals surface area contributed by atoms with Crippen molar-refractivity contribution in [3.63, 3.8) is 0 Å². The standard InChI is InChI=1S/C41H30N4O4S2/c46-38(29-16-8-3-9-17-29)43-34(26-31-22-25-35(49-31)27-12-4-1-5-13-27)39(47)42-30-20-23-32(24-21-30)50-37(28-14-6-2-7-15-28)40(48)45-41-44-33-18-10-11-19-36(33)51-41/h1-26,37H,(H,42,47)(H,43,46)(H,44,45,48)/b34-26-/t37-/m1/s1. The lowest BCUT2D eigenvalue weighted by Gasteiger charge is -2.16. The van der Waals surface area contributed by atoms with E-state index in [1.165, 1.54) is 29.2 Å². The fourth-order valence-corrected chi connectivity index (χ4v) is 7.11. The molecular formula is C41H30N4O4S2. The summed E-state index contributed by atoms with van der Waals surface area (Å²) in [7, 11) is 0. The van der Waals surface area contributed by atoms with Crippen molar-refractivity contribution in [2.24, 2.45) is 0 Å². The largest absolute Gasteiger partial charge is 0.457 e. The van der Waals surface area contributed by atoms with Gasteiger partial charge in [0, 0.05) is 27.8 Å². The molecule has 2 heterocycles. The first-order valence-corrected chi connectivity index (χ1v) is 17.7. The summed E-state index contributed by atoms with van der Waals surface area (Å²) in [5.74, 6) is -0.133. The minimum Gasteiger partial charge on any atom is -0.457 e. The van der Waals surface area contributed by atoms with Gasteiger partial charge in [0.2, 0.25) is 5.91 Å². The first-order chi connectivity index (χ1) is 25.0. The number of nitrogens with zero attached hydrogens (tertiary/aromatic N) is 1. The zero-order valence-electron chi connectivity index (χ0n) is 27.0. The van der Waals surface area contributed by atoms with E-state index in [-0.39, 0.29) is 11.6 Å². The lowest BCUT2D eigenvalue weighted by Crippen LogP contribution is -2.30. The number of hydrogen-bond donors (Lipinski definition) is 3. The summed E-state index contributed by atoms with van der Waals surface area (Å²) >= 11 is 2.82. The number of carbonyl (C=O) groups is 3. The molecule has 0 saturated carbocycles. The fourth-order valence-electron chi connectivity index (χ4n) is 5.22. The number of carbonyl (C=O) groups excluding carboxylic acids is 3. The Labute approximate surface area is 302 Å². The van der Waals surface area contributed by atoms with Crippen LogP contribution in [0.15, 0.2) is 167 Å². The zero-order valence-corrected chi connectivity index (χ0v) is 28.6. The topological polar surface area (TPSA) is 113 Å². The molecule has 51 heavy (non-hydrogen) atoms. The van der Waals surface area contributed by atoms with Crippen LogP contribution in [-0.4, -0.2) is 22.7 Å². The molecule has 0 aliphatic rings. The van der Waals surface area contributed by atoms with Crippen LogP contribution in [0.1, 0.15) is 26.9 Å². The van der Waals surface area contributed by atoms with Crippen molar-refractivity contribution in [1.29, 1.82) is 0 Å². The fraction of sp³-hybridized carbons (Fsp3) is 0.0244. The lowest BCUT2D eigenvalue weighted by molar-refractivity contribution is -0.116. The highest BCUT2D eigenvalue weighted by Gasteiger charge is 2.24. The summed E-state index contributed by atoms with van der Waals surface area (Å²) in [6.07, 6.45) is 1.50. The summed E-state index contributed by atoms with van der Waals surface area (Å²) in [6.45, 7) is 0. The Morgan fingerprint density at radius 1 is 0.706 bits per heavy atom. The number of anilines is 2. The van der Waals surface area contributed by atoms with Gasteiger partial charge in [0.05, 0.1) is 10.2 Å². The summed E-state index contributed by atoms with van der Waals surface area (Å²) < 4.78 is 7.00. The van der Waals surface area contributed by atoms with Crippen LogP contribution in [0.2, 0.25) is 0 Å². The molecule has 3 N–H and O–H groups in total. The number of thiazole rings is 1. The summed E-state index contributed by atoms with van der Waals surface area (Å²) in [5, 5.41) is 8.60. The van der Waals surface area contributed by atoms with E-state index < -0.39 is 17.1 Å². The van der Waals surface area contributed by atoms with Crippen LogP contribution in [0.3, 0.4) is 0 Å². The molecular weight excluding hydrogens is 677 g/mol. The third-order valence-electron chi connectivity index (χ3n) is 7.73. The molecule has 5 aromatic carbocycles. The van der Waals surface area contributed by atoms with Crippen LogP contribution in [0, 0.1) is 0 Å². The number of rotatable bonds is 11. The summed E-state index contributed by atoms with van der Waals surface area (Å²) in [5.41, 5.74) is 3.48. The van der Waals surface area contributed by atoms with E-state index in [1.54, 1.807) is 42.5 Å². The average Bonchev–Trinajstić information content (AvgIpc) is 3.82. The highest BCUT2D eigenvalue weighted by molar-refractivity contribution is 8.00. The number of thioether (sulfide) groups is 1. The molecule has 0 radical (unpaired) electrons. The molecule has 10 heteroatoms. The van der Waals surface area contributed by atoms with Crippen molar-refractivity contribution in [2.75, 3.05) is 10.6 Å². The number of hydrogen-bond acceptors (Lipinski definition) is 7. The molecule has 0 aliphatic heterocycles. The van der Waals surface area contributed by atoms with Gasteiger partial charge in [-0.1, -0.05) is 102 Å². The van der Waals surface area contributed by atoms with Gasteiger partial charge >= 0.3 is 0 Å². The van der Waals surface area contributed by atoms with E-state index in [9.17, 15) is 14.4 Å². The Balaban J connectivity index is 1.08. The summed E-state index contributed by atoms with van der Waals surface area (Å²) in [6, 6.07) is 46.3. The highest BCUT2D eigenvalue weighted by atomic mass is 32.2. The Morgan fingerprint density at radius 2 is 1.37 bits per heavy atom. The highest BCUT2D eigenvalue weighted by Crippen LogP contribution is 2.37. The van der Waals surface area contributed by atoms with E-state index in [1.807, 2.05) is 109 Å². The van der Waals surface area contributed by atoms with E-state index >= 15 is 0 Å². The molecule has 0 bridgehead atoms. The maximum absolute atomic E-state index is 13.6. The predicted octanol–water partition coefficient (Wildman–Crippen LogP) is 9.44. The second kappa shape index (κ2) is 15.5. The second-order valence-electron chi connectivity index (χ2n) is 11.3. The smallest absolute Gasteiger partial charge is 0.272 e. The minimum atomic E-state index is -0.560. The molecule has 2 aromatic heterocycles. The predicted molar refractivity (Wildman–Crippen MR) is 204 cm³/mol. The maximum Gasteiger partial charge on any atom is 0.272 e. The van der Waals surface area contributed by atoms with Crippen LogP contribution in [0.25, 0.3) is 27.6 Å². The summed E-state index contributed by atoms with van der Waals surface area (Å²) in [4.78, 5) is 45.8. The third kappa shape index (κ3) is 8.33. The molecule has 0 saturated heterocycles. The van der Waals surface area contributed by atoms with Gasteiger partial charge in [0.15, 0.2) is 5.13 Å². The minimum absolute atomic E-state index is 0.00641. The monoisotopic (exact) mass is 706 g/mol. The Morgan fingerprint density at radius 3 is 2.10 bits per heavy atom. The van der Waals surface area contributed by atoms with Crippen molar-refractivity contribution in [2.45, 2.75) is 10.1 Å². The van der Waals surface area contributed by atoms with Crippen molar-refractivity contribution >= 4 is 67.9 Å². The number of furan rings is 1. The maximum atomic E-state index is 13.6. The zero-order chi connectivity index (χ0) is 35.0. The molecule has 8 nitrogen and oxygen atoms in total. The number of amides is 3. The van der Waals surface area contributed by atoms with Gasteiger partial charge in [-0.15, -0.1) is 11.8 Å². The molecule has 0 fully saturated rings. The molecule has 7 rings (SSSR count). The van der Waals surface area contributed by atoms with Gasteiger partial charge in [-0.2, -0.15) is 0 Å². The molecule has 0 spiro atoms. The van der Waals surface area contributed by atoms with Crippen molar-refractivity contribution in [3.8, 4) is 11.3 Å². The molecule has 7 aromatic rings. The quantitative estimate of drug-likeness (QED) is 0.0913. The van der Waals surface area contributed by atoms with Gasteiger partial charge in [-0.3, -0.25) is 14.4 Å². The number of benzene rings is 5. The molecule has 1 atom stereocenters. The van der Waals surface area contributed by atoms with Crippen LogP contribution in [-0.2, 0) is 9.59 Å². The van der Waals surface area contributed by atoms with Gasteiger partial charge in [-0.05, 0) is 66.2 Å². The molecule has 0 aliphatic carbocycles. The lowest BCUT2D eigenvalue weighted by atomic mass is 10.1. The van der Waals surface area contributed by atoms with Crippen LogP contribution in [0.5, 0.6) is 0 Å². The number of aromatic nitrogens is 1. The number of fused-ring (bicyclic) bond motifs is 1. The van der Waals surface area contributed by atoms with Crippen molar-refractivity contribution in [1.82, 2.24) is 10.3 Å². The second-order valence-corrected chi connectivity index (χ2v) is 13.5. The first kappa shape index (κ1) is 33.3. The van der Waals surface area contributed by atoms with Crippen LogP contribution in [0.4, 0.5) is 10.8 Å². The SMILES string of the molecule is O=C(Nc1ccc(S[C@@H](C(=O)Nc2nc3ccccc3s2)c2ccccc2)cc1)/C(=C/c1ccc(-c2ccccc2)o1)NC(=O)c1ccccc1. The normalized spacial score (nSPS) is 11.9. The van der Waals surface area contributed by atoms with Crippen LogP contribution < -0.4 is 16.0 Å². The van der Waals surface area contributed by atoms with Gasteiger partial charge in [0.1, 0.15) is 22.5 Å². The molecule has 250 valence electrons.